The Hall–Kier alpha value is -1.63. The zero-order valence-electron chi connectivity index (χ0n) is 7.23. The van der Waals surface area contributed by atoms with Crippen molar-refractivity contribution in [1.82, 2.24) is 0 Å². The summed E-state index contributed by atoms with van der Waals surface area (Å²) in [5, 5.41) is 10.8. The number of ether oxygens (including phenoxy) is 2. The summed E-state index contributed by atoms with van der Waals surface area (Å²) in [6.07, 6.45) is 0.407. The van der Waals surface area contributed by atoms with Crippen molar-refractivity contribution in [3.63, 3.8) is 0 Å². The van der Waals surface area contributed by atoms with E-state index in [4.69, 9.17) is 9.47 Å². The van der Waals surface area contributed by atoms with Gasteiger partial charge in [-0.1, -0.05) is 0 Å². The van der Waals surface area contributed by atoms with Crippen LogP contribution in [0.25, 0.3) is 0 Å². The lowest BCUT2D eigenvalue weighted by atomic mass is 10.1. The normalized spacial score (nSPS) is 12.6. The van der Waals surface area contributed by atoms with E-state index >= 15 is 0 Å². The first-order valence-corrected chi connectivity index (χ1v) is 4.66. The minimum atomic E-state index is -0.665. The minimum Gasteiger partial charge on any atom is -0.453 e. The number of nitro groups is 1. The molecule has 0 saturated heterocycles. The second kappa shape index (κ2) is 3.50. The molecule has 1 aliphatic heterocycles. The maximum atomic E-state index is 10.8. The molecule has 0 bridgehead atoms. The molecule has 0 fully saturated rings. The first-order chi connectivity index (χ1) is 7.15. The van der Waals surface area contributed by atoms with Crippen molar-refractivity contribution in [3.8, 4) is 11.5 Å². The maximum absolute atomic E-state index is 10.8. The number of nitrogens with zero attached hydrogens (tertiary/aromatic N) is 1. The SMILES string of the molecule is O=Cc1c(Br)cc2c(c1[N+](=O)[O-])OCO2. The summed E-state index contributed by atoms with van der Waals surface area (Å²) in [7, 11) is 0. The van der Waals surface area contributed by atoms with E-state index in [9.17, 15) is 14.9 Å². The van der Waals surface area contributed by atoms with E-state index in [1.54, 1.807) is 0 Å². The molecule has 0 aromatic heterocycles. The Kier molecular flexibility index (Phi) is 2.31. The first-order valence-electron chi connectivity index (χ1n) is 3.87. The molecular formula is C8H4BrNO5. The number of hydrogen-bond acceptors (Lipinski definition) is 5. The fraction of sp³-hybridized carbons (Fsp3) is 0.125. The molecule has 0 atom stereocenters. The predicted molar refractivity (Wildman–Crippen MR) is 52.3 cm³/mol. The Morgan fingerprint density at radius 2 is 2.27 bits per heavy atom. The standard InChI is InChI=1S/C8H4BrNO5/c9-5-1-6-8(15-3-14-6)7(10(12)13)4(5)2-11/h1-2H,3H2. The molecule has 6 nitrogen and oxygen atoms in total. The number of benzene rings is 1. The number of carbonyl (C=O) groups is 1. The van der Waals surface area contributed by atoms with Crippen LogP contribution in [0, 0.1) is 10.1 Å². The summed E-state index contributed by atoms with van der Waals surface area (Å²) in [6.45, 7) is -0.0784. The zero-order chi connectivity index (χ0) is 11.0. The predicted octanol–water partition coefficient (Wildman–Crippen LogP) is 1.90. The smallest absolute Gasteiger partial charge is 0.326 e. The van der Waals surface area contributed by atoms with Gasteiger partial charge in [-0.25, -0.2) is 0 Å². The number of nitro benzene ring substituents is 1. The third-order valence-corrected chi connectivity index (χ3v) is 2.58. The molecule has 0 N–H and O–H groups in total. The Morgan fingerprint density at radius 1 is 1.53 bits per heavy atom. The van der Waals surface area contributed by atoms with Gasteiger partial charge in [0.2, 0.25) is 12.5 Å². The maximum Gasteiger partial charge on any atom is 0.326 e. The summed E-state index contributed by atoms with van der Waals surface area (Å²) in [5.41, 5.74) is -0.420. The molecule has 1 aliphatic rings. The van der Waals surface area contributed by atoms with Gasteiger partial charge >= 0.3 is 5.69 Å². The van der Waals surface area contributed by atoms with Crippen LogP contribution in [0.5, 0.6) is 11.5 Å². The lowest BCUT2D eigenvalue weighted by Gasteiger charge is -2.02. The van der Waals surface area contributed by atoms with Crippen molar-refractivity contribution < 1.29 is 19.2 Å². The number of fused-ring (bicyclic) bond motifs is 1. The minimum absolute atomic E-state index is 0.00491. The monoisotopic (exact) mass is 273 g/mol. The largest absolute Gasteiger partial charge is 0.453 e. The molecule has 1 aromatic carbocycles. The first kappa shape index (κ1) is 9.91. The molecule has 0 spiro atoms. The fourth-order valence-electron chi connectivity index (χ4n) is 1.30. The van der Waals surface area contributed by atoms with Crippen LogP contribution < -0.4 is 9.47 Å². The Balaban J connectivity index is 2.76. The zero-order valence-corrected chi connectivity index (χ0v) is 8.81. The van der Waals surface area contributed by atoms with Gasteiger partial charge in [-0.15, -0.1) is 0 Å². The highest BCUT2D eigenvalue weighted by Crippen LogP contribution is 2.45. The van der Waals surface area contributed by atoms with Gasteiger partial charge in [0.05, 0.1) is 4.92 Å². The van der Waals surface area contributed by atoms with E-state index in [0.29, 0.717) is 10.8 Å². The quantitative estimate of drug-likeness (QED) is 0.467. The van der Waals surface area contributed by atoms with E-state index in [1.807, 2.05) is 0 Å². The highest BCUT2D eigenvalue weighted by Gasteiger charge is 2.31. The number of hydrogen-bond donors (Lipinski definition) is 0. The summed E-state index contributed by atoms with van der Waals surface area (Å²) >= 11 is 3.06. The molecular weight excluding hydrogens is 270 g/mol. The molecule has 15 heavy (non-hydrogen) atoms. The average molecular weight is 274 g/mol. The molecule has 0 radical (unpaired) electrons. The molecule has 1 heterocycles. The lowest BCUT2D eigenvalue weighted by molar-refractivity contribution is -0.385. The highest BCUT2D eigenvalue weighted by atomic mass is 79.9. The van der Waals surface area contributed by atoms with Gasteiger partial charge in [-0.05, 0) is 22.0 Å². The molecule has 0 amide bonds. The van der Waals surface area contributed by atoms with Crippen LogP contribution >= 0.6 is 15.9 Å². The van der Waals surface area contributed by atoms with Crippen molar-refractivity contribution in [3.05, 3.63) is 26.2 Å². The van der Waals surface area contributed by atoms with Gasteiger partial charge in [-0.3, -0.25) is 14.9 Å². The van der Waals surface area contributed by atoms with Crippen molar-refractivity contribution in [2.45, 2.75) is 0 Å². The highest BCUT2D eigenvalue weighted by molar-refractivity contribution is 9.10. The van der Waals surface area contributed by atoms with E-state index in [-0.39, 0.29) is 29.5 Å². The average Bonchev–Trinajstić information content (AvgIpc) is 2.62. The van der Waals surface area contributed by atoms with Crippen LogP contribution in [-0.4, -0.2) is 18.0 Å². The molecule has 78 valence electrons. The molecule has 0 unspecified atom stereocenters. The number of carbonyl (C=O) groups excluding carboxylic acids is 1. The second-order valence-corrected chi connectivity index (χ2v) is 3.58. The van der Waals surface area contributed by atoms with Gasteiger partial charge in [0.25, 0.3) is 0 Å². The number of aldehydes is 1. The van der Waals surface area contributed by atoms with Crippen molar-refractivity contribution >= 4 is 27.9 Å². The van der Waals surface area contributed by atoms with Crippen LogP contribution in [0.4, 0.5) is 5.69 Å². The third kappa shape index (κ3) is 1.44. The van der Waals surface area contributed by atoms with Crippen LogP contribution in [0.3, 0.4) is 0 Å². The van der Waals surface area contributed by atoms with Crippen LogP contribution in [0.15, 0.2) is 10.5 Å². The molecule has 2 rings (SSSR count). The van der Waals surface area contributed by atoms with Gasteiger partial charge in [0, 0.05) is 4.47 Å². The number of halogens is 1. The summed E-state index contributed by atoms with van der Waals surface area (Å²) in [6, 6.07) is 1.47. The van der Waals surface area contributed by atoms with Gasteiger partial charge in [0.1, 0.15) is 5.56 Å². The number of rotatable bonds is 2. The van der Waals surface area contributed by atoms with Crippen LogP contribution in [-0.2, 0) is 0 Å². The van der Waals surface area contributed by atoms with Crippen LogP contribution in [0.2, 0.25) is 0 Å². The van der Waals surface area contributed by atoms with Gasteiger partial charge < -0.3 is 9.47 Å². The van der Waals surface area contributed by atoms with Crippen molar-refractivity contribution in [2.24, 2.45) is 0 Å². The Bertz CT molecular complexity index is 459. The molecule has 1 aromatic rings. The van der Waals surface area contributed by atoms with Gasteiger partial charge in [0.15, 0.2) is 12.0 Å². The third-order valence-electron chi connectivity index (χ3n) is 1.93. The van der Waals surface area contributed by atoms with E-state index < -0.39 is 4.92 Å². The molecule has 0 aliphatic carbocycles. The van der Waals surface area contributed by atoms with Crippen molar-refractivity contribution in [2.75, 3.05) is 6.79 Å². The summed E-state index contributed by atoms with van der Waals surface area (Å²) in [4.78, 5) is 20.8. The molecule has 0 saturated carbocycles. The Labute approximate surface area is 92.1 Å². The van der Waals surface area contributed by atoms with Crippen molar-refractivity contribution in [1.29, 1.82) is 0 Å². The van der Waals surface area contributed by atoms with Crippen LogP contribution in [0.1, 0.15) is 10.4 Å². The molecule has 7 heteroatoms. The lowest BCUT2D eigenvalue weighted by Crippen LogP contribution is -1.98. The summed E-state index contributed by atoms with van der Waals surface area (Å²) in [5.74, 6) is 0.268. The Morgan fingerprint density at radius 3 is 2.87 bits per heavy atom. The second-order valence-electron chi connectivity index (χ2n) is 2.73. The fourth-order valence-corrected chi connectivity index (χ4v) is 1.79. The van der Waals surface area contributed by atoms with Gasteiger partial charge in [-0.2, -0.15) is 0 Å². The topological polar surface area (TPSA) is 78.7 Å². The van der Waals surface area contributed by atoms with E-state index in [0.717, 1.165) is 0 Å². The summed E-state index contributed by atoms with van der Waals surface area (Å²) < 4.78 is 10.3. The van der Waals surface area contributed by atoms with E-state index in [1.165, 1.54) is 6.07 Å². The van der Waals surface area contributed by atoms with E-state index in [2.05, 4.69) is 15.9 Å².